The zero-order chi connectivity index (χ0) is 19.9. The Morgan fingerprint density at radius 2 is 1.89 bits per heavy atom. The third-order valence-corrected chi connectivity index (χ3v) is 5.07. The molecule has 0 fully saturated rings. The van der Waals surface area contributed by atoms with Gasteiger partial charge in [-0.1, -0.05) is 35.5 Å². The number of fused-ring (bicyclic) bond motifs is 1. The van der Waals surface area contributed by atoms with E-state index in [9.17, 15) is 9.59 Å². The van der Waals surface area contributed by atoms with E-state index in [2.05, 4.69) is 15.6 Å². The van der Waals surface area contributed by atoms with Crippen LogP contribution in [0.5, 0.6) is 0 Å². The van der Waals surface area contributed by atoms with Crippen LogP contribution in [0.2, 0.25) is 0 Å². The van der Waals surface area contributed by atoms with Crippen molar-refractivity contribution in [2.45, 2.75) is 46.3 Å². The molecule has 2 heterocycles. The van der Waals surface area contributed by atoms with E-state index in [1.54, 1.807) is 0 Å². The van der Waals surface area contributed by atoms with E-state index in [4.69, 9.17) is 0 Å². The van der Waals surface area contributed by atoms with Crippen LogP contribution in [0.25, 0.3) is 0 Å². The van der Waals surface area contributed by atoms with Crippen LogP contribution in [0.1, 0.15) is 37.2 Å². The SMILES string of the molecule is CCN(CC)C(=O)N1CCn2nnc(CCC(=O)NCc3ccccc3)c2C1. The van der Waals surface area contributed by atoms with Crippen molar-refractivity contribution in [2.24, 2.45) is 0 Å². The van der Waals surface area contributed by atoms with Gasteiger partial charge in [0.05, 0.1) is 24.5 Å². The molecule has 0 saturated carbocycles. The van der Waals surface area contributed by atoms with Gasteiger partial charge in [-0.3, -0.25) is 4.79 Å². The first-order chi connectivity index (χ1) is 13.6. The van der Waals surface area contributed by atoms with Crippen LogP contribution < -0.4 is 5.32 Å². The highest BCUT2D eigenvalue weighted by atomic mass is 16.2. The van der Waals surface area contributed by atoms with E-state index >= 15 is 0 Å². The van der Waals surface area contributed by atoms with Crippen LogP contribution in [0, 0.1) is 0 Å². The molecule has 0 unspecified atom stereocenters. The number of carbonyl (C=O) groups is 2. The molecule has 0 atom stereocenters. The summed E-state index contributed by atoms with van der Waals surface area (Å²) >= 11 is 0. The summed E-state index contributed by atoms with van der Waals surface area (Å²) in [6.07, 6.45) is 0.867. The third-order valence-electron chi connectivity index (χ3n) is 5.07. The quantitative estimate of drug-likeness (QED) is 0.789. The Morgan fingerprint density at radius 3 is 2.61 bits per heavy atom. The molecule has 1 aromatic carbocycles. The fraction of sp³-hybridized carbons (Fsp3) is 0.500. The molecule has 150 valence electrons. The maximum Gasteiger partial charge on any atom is 0.320 e. The highest BCUT2D eigenvalue weighted by Gasteiger charge is 2.27. The fourth-order valence-electron chi connectivity index (χ4n) is 3.36. The average molecular weight is 384 g/mol. The van der Waals surface area contributed by atoms with Gasteiger partial charge in [0.2, 0.25) is 5.91 Å². The summed E-state index contributed by atoms with van der Waals surface area (Å²) in [6.45, 7) is 7.62. The van der Waals surface area contributed by atoms with E-state index in [1.165, 1.54) is 0 Å². The molecule has 0 radical (unpaired) electrons. The van der Waals surface area contributed by atoms with Crippen molar-refractivity contribution >= 4 is 11.9 Å². The number of amides is 3. The predicted molar refractivity (Wildman–Crippen MR) is 105 cm³/mol. The van der Waals surface area contributed by atoms with Crippen LogP contribution in [-0.2, 0) is 30.8 Å². The molecule has 0 bridgehead atoms. The highest BCUT2D eigenvalue weighted by Crippen LogP contribution is 2.17. The second-order valence-corrected chi connectivity index (χ2v) is 6.84. The van der Waals surface area contributed by atoms with Crippen molar-refractivity contribution in [1.29, 1.82) is 0 Å². The Bertz CT molecular complexity index is 800. The van der Waals surface area contributed by atoms with Crippen molar-refractivity contribution in [2.75, 3.05) is 19.6 Å². The maximum absolute atomic E-state index is 12.6. The Kier molecular flexibility index (Phi) is 6.62. The van der Waals surface area contributed by atoms with Gasteiger partial charge in [-0.25, -0.2) is 9.48 Å². The number of hydrogen-bond donors (Lipinski definition) is 1. The van der Waals surface area contributed by atoms with Gasteiger partial charge in [-0.05, 0) is 19.4 Å². The van der Waals surface area contributed by atoms with E-state index < -0.39 is 0 Å². The standard InChI is InChI=1S/C20H28N6O2/c1-3-24(4-2)20(28)25-12-13-26-18(15-25)17(22-23-26)10-11-19(27)21-14-16-8-6-5-7-9-16/h5-9H,3-4,10-15H2,1-2H3,(H,21,27). The largest absolute Gasteiger partial charge is 0.352 e. The van der Waals surface area contributed by atoms with E-state index in [0.29, 0.717) is 52.1 Å². The molecular formula is C20H28N6O2. The van der Waals surface area contributed by atoms with Crippen molar-refractivity contribution in [3.63, 3.8) is 0 Å². The summed E-state index contributed by atoms with van der Waals surface area (Å²) in [5, 5.41) is 11.4. The smallest absolute Gasteiger partial charge is 0.320 e. The van der Waals surface area contributed by atoms with Crippen LogP contribution in [0.15, 0.2) is 30.3 Å². The van der Waals surface area contributed by atoms with Crippen LogP contribution >= 0.6 is 0 Å². The van der Waals surface area contributed by atoms with Gasteiger partial charge in [0, 0.05) is 39.0 Å². The second-order valence-electron chi connectivity index (χ2n) is 6.84. The van der Waals surface area contributed by atoms with Crippen molar-refractivity contribution in [3.8, 4) is 0 Å². The van der Waals surface area contributed by atoms with E-state index in [-0.39, 0.29) is 11.9 Å². The molecule has 0 spiro atoms. The summed E-state index contributed by atoms with van der Waals surface area (Å²) in [6, 6.07) is 9.87. The lowest BCUT2D eigenvalue weighted by molar-refractivity contribution is -0.121. The minimum Gasteiger partial charge on any atom is -0.352 e. The molecule has 1 aromatic heterocycles. The lowest BCUT2D eigenvalue weighted by Crippen LogP contribution is -2.46. The van der Waals surface area contributed by atoms with Gasteiger partial charge in [-0.15, -0.1) is 5.10 Å². The molecule has 8 heteroatoms. The lowest BCUT2D eigenvalue weighted by Gasteiger charge is -2.32. The van der Waals surface area contributed by atoms with Crippen LogP contribution in [0.3, 0.4) is 0 Å². The molecule has 0 saturated heterocycles. The topological polar surface area (TPSA) is 83.4 Å². The number of urea groups is 1. The second kappa shape index (κ2) is 9.34. The zero-order valence-corrected chi connectivity index (χ0v) is 16.6. The van der Waals surface area contributed by atoms with E-state index in [0.717, 1.165) is 17.0 Å². The average Bonchev–Trinajstić information content (AvgIpc) is 3.14. The predicted octanol–water partition coefficient (Wildman–Crippen LogP) is 1.80. The summed E-state index contributed by atoms with van der Waals surface area (Å²) < 4.78 is 1.85. The molecule has 3 rings (SSSR count). The number of rotatable bonds is 7. The number of hydrogen-bond acceptors (Lipinski definition) is 4. The van der Waals surface area contributed by atoms with Crippen LogP contribution in [0.4, 0.5) is 4.79 Å². The number of nitrogens with one attached hydrogen (secondary N) is 1. The Labute approximate surface area is 165 Å². The minimum absolute atomic E-state index is 0.0162. The van der Waals surface area contributed by atoms with Gasteiger partial charge in [0.25, 0.3) is 0 Å². The van der Waals surface area contributed by atoms with Crippen LogP contribution in [-0.4, -0.2) is 56.4 Å². The van der Waals surface area contributed by atoms with Gasteiger partial charge < -0.3 is 15.1 Å². The van der Waals surface area contributed by atoms with Gasteiger partial charge in [0.15, 0.2) is 0 Å². The lowest BCUT2D eigenvalue weighted by atomic mass is 10.1. The summed E-state index contributed by atoms with van der Waals surface area (Å²) in [5.41, 5.74) is 2.80. The summed E-state index contributed by atoms with van der Waals surface area (Å²) in [4.78, 5) is 28.5. The summed E-state index contributed by atoms with van der Waals surface area (Å²) in [7, 11) is 0. The number of aryl methyl sites for hydroxylation is 1. The zero-order valence-electron chi connectivity index (χ0n) is 16.6. The molecule has 28 heavy (non-hydrogen) atoms. The first-order valence-corrected chi connectivity index (χ1v) is 9.88. The summed E-state index contributed by atoms with van der Waals surface area (Å²) in [5.74, 6) is -0.0162. The molecule has 1 aliphatic heterocycles. The molecular weight excluding hydrogens is 356 g/mol. The Hall–Kier alpha value is -2.90. The number of nitrogens with zero attached hydrogens (tertiary/aromatic N) is 5. The maximum atomic E-state index is 12.6. The van der Waals surface area contributed by atoms with Crippen molar-refractivity contribution in [3.05, 3.63) is 47.3 Å². The first-order valence-electron chi connectivity index (χ1n) is 9.88. The Balaban J connectivity index is 1.55. The highest BCUT2D eigenvalue weighted by molar-refractivity contribution is 5.76. The fourth-order valence-corrected chi connectivity index (χ4v) is 3.36. The number of aromatic nitrogens is 3. The minimum atomic E-state index is -0.0162. The molecule has 1 aliphatic rings. The number of carbonyl (C=O) groups excluding carboxylic acids is 2. The molecule has 8 nitrogen and oxygen atoms in total. The van der Waals surface area contributed by atoms with Gasteiger partial charge >= 0.3 is 6.03 Å². The van der Waals surface area contributed by atoms with Gasteiger partial charge in [-0.2, -0.15) is 0 Å². The third kappa shape index (κ3) is 4.68. The number of benzene rings is 1. The van der Waals surface area contributed by atoms with Crippen molar-refractivity contribution < 1.29 is 9.59 Å². The molecule has 0 aliphatic carbocycles. The monoisotopic (exact) mass is 384 g/mol. The molecule has 3 amide bonds. The van der Waals surface area contributed by atoms with E-state index in [1.807, 2.05) is 58.7 Å². The first kappa shape index (κ1) is 19.9. The molecule has 2 aromatic rings. The van der Waals surface area contributed by atoms with Gasteiger partial charge in [0.1, 0.15) is 0 Å². The van der Waals surface area contributed by atoms with Crippen molar-refractivity contribution in [1.82, 2.24) is 30.1 Å². The molecule has 1 N–H and O–H groups in total. The normalized spacial score (nSPS) is 13.1. The Morgan fingerprint density at radius 1 is 1.14 bits per heavy atom.